The van der Waals surface area contributed by atoms with Crippen molar-refractivity contribution in [1.29, 1.82) is 0 Å². The smallest absolute Gasteiger partial charge is 0.267 e. The van der Waals surface area contributed by atoms with E-state index in [1.54, 1.807) is 12.1 Å². The van der Waals surface area contributed by atoms with E-state index in [4.69, 9.17) is 11.6 Å². The molecule has 0 aliphatic rings. The van der Waals surface area contributed by atoms with Gasteiger partial charge in [-0.15, -0.1) is 0 Å². The highest BCUT2D eigenvalue weighted by molar-refractivity contribution is 6.31. The molecule has 2 aromatic rings. The summed E-state index contributed by atoms with van der Waals surface area (Å²) in [5.41, 5.74) is -0.473. The van der Waals surface area contributed by atoms with Gasteiger partial charge in [0.15, 0.2) is 0 Å². The number of aryl methyl sites for hydroxylation is 1. The number of benzene rings is 1. The van der Waals surface area contributed by atoms with E-state index in [1.165, 1.54) is 10.7 Å². The van der Waals surface area contributed by atoms with Crippen LogP contribution in [0.2, 0.25) is 5.02 Å². The molecule has 0 saturated carbocycles. The molecule has 1 N–H and O–H groups in total. The number of hydrogen-bond acceptors (Lipinski definition) is 2. The van der Waals surface area contributed by atoms with Crippen molar-refractivity contribution in [3.63, 3.8) is 0 Å². The summed E-state index contributed by atoms with van der Waals surface area (Å²) in [5.74, 6) is 0. The number of aromatic nitrogens is 2. The van der Waals surface area contributed by atoms with Crippen LogP contribution in [0.15, 0.2) is 27.8 Å². The largest absolute Gasteiger partial charge is 0.273 e. The Balaban J connectivity index is 2.85. The Bertz CT molecular complexity index is 642. The second-order valence-corrected chi connectivity index (χ2v) is 4.02. The van der Waals surface area contributed by atoms with E-state index in [1.807, 2.05) is 6.92 Å². The van der Waals surface area contributed by atoms with Crippen molar-refractivity contribution in [2.24, 2.45) is 0 Å². The molecule has 0 unspecified atom stereocenters. The van der Waals surface area contributed by atoms with Gasteiger partial charge in [0.2, 0.25) is 0 Å². The first kappa shape index (κ1) is 11.0. The minimum absolute atomic E-state index is 0.187. The lowest BCUT2D eigenvalue weighted by Gasteiger charge is -2.05. The van der Waals surface area contributed by atoms with Crippen molar-refractivity contribution in [2.45, 2.75) is 19.9 Å². The molecule has 0 atom stereocenters. The molecule has 4 nitrogen and oxygen atoms in total. The van der Waals surface area contributed by atoms with E-state index in [-0.39, 0.29) is 11.1 Å². The first-order valence-electron chi connectivity index (χ1n) is 5.06. The summed E-state index contributed by atoms with van der Waals surface area (Å²) in [7, 11) is 0. The maximum Gasteiger partial charge on any atom is 0.273 e. The molecule has 0 saturated heterocycles. The van der Waals surface area contributed by atoms with Crippen molar-refractivity contribution in [1.82, 2.24) is 9.78 Å². The van der Waals surface area contributed by atoms with Crippen molar-refractivity contribution in [2.75, 3.05) is 0 Å². The van der Waals surface area contributed by atoms with E-state index in [2.05, 4.69) is 5.10 Å². The van der Waals surface area contributed by atoms with Gasteiger partial charge in [-0.25, -0.2) is 4.68 Å². The van der Waals surface area contributed by atoms with Crippen LogP contribution in [-0.2, 0) is 6.54 Å². The first-order valence-corrected chi connectivity index (χ1v) is 5.43. The van der Waals surface area contributed by atoms with Crippen LogP contribution in [-0.4, -0.2) is 9.78 Å². The summed E-state index contributed by atoms with van der Waals surface area (Å²) in [5, 5.41) is 3.73. The highest BCUT2D eigenvalue weighted by Crippen LogP contribution is 2.12. The Labute approximate surface area is 96.5 Å². The molecule has 84 valence electrons. The summed E-state index contributed by atoms with van der Waals surface area (Å²) >= 11 is 5.78. The van der Waals surface area contributed by atoms with Crippen molar-refractivity contribution >= 4 is 22.4 Å². The molecule has 0 fully saturated rings. The summed E-state index contributed by atoms with van der Waals surface area (Å²) in [4.78, 5) is 23.6. The van der Waals surface area contributed by atoms with Crippen LogP contribution in [0, 0.1) is 0 Å². The lowest BCUT2D eigenvalue weighted by molar-refractivity contribution is 0.566. The number of fused-ring (bicyclic) bond motifs is 1. The van der Waals surface area contributed by atoms with Gasteiger partial charge in [-0.2, -0.15) is 0 Å². The molecule has 5 heteroatoms. The molecule has 0 amide bonds. The Morgan fingerprint density at radius 3 is 2.75 bits per heavy atom. The SMILES string of the molecule is CCCn1[nH]c(=O)c2cc(Cl)ccc2c1=O. The predicted octanol–water partition coefficient (Wildman–Crippen LogP) is 1.75. The van der Waals surface area contributed by atoms with Gasteiger partial charge in [0.25, 0.3) is 11.1 Å². The molecular formula is C11H11ClN2O2. The Kier molecular flexibility index (Phi) is 2.83. The van der Waals surface area contributed by atoms with Crippen LogP contribution in [0.5, 0.6) is 0 Å². The Hall–Kier alpha value is -1.55. The van der Waals surface area contributed by atoms with Gasteiger partial charge in [0, 0.05) is 11.6 Å². The quantitative estimate of drug-likeness (QED) is 0.867. The molecule has 1 aromatic carbocycles. The molecular weight excluding hydrogens is 228 g/mol. The van der Waals surface area contributed by atoms with Gasteiger partial charge < -0.3 is 0 Å². The standard InChI is InChI=1S/C11H11ClN2O2/c1-2-5-14-11(16)8-4-3-7(12)6-9(8)10(15)13-14/h3-4,6H,2,5H2,1H3,(H,13,15). The van der Waals surface area contributed by atoms with Gasteiger partial charge in [0.05, 0.1) is 10.8 Å². The molecule has 2 rings (SSSR count). The summed E-state index contributed by atoms with van der Waals surface area (Å²) in [6, 6.07) is 4.70. The monoisotopic (exact) mass is 238 g/mol. The molecule has 0 bridgehead atoms. The van der Waals surface area contributed by atoms with Crippen molar-refractivity contribution < 1.29 is 0 Å². The summed E-state index contributed by atoms with van der Waals surface area (Å²) < 4.78 is 1.33. The summed E-state index contributed by atoms with van der Waals surface area (Å²) in [6.07, 6.45) is 0.787. The van der Waals surface area contributed by atoms with Gasteiger partial charge in [0.1, 0.15) is 0 Å². The second-order valence-electron chi connectivity index (χ2n) is 3.59. The summed E-state index contributed by atoms with van der Waals surface area (Å²) in [6.45, 7) is 2.45. The molecule has 16 heavy (non-hydrogen) atoms. The number of nitrogens with zero attached hydrogens (tertiary/aromatic N) is 1. The fourth-order valence-corrected chi connectivity index (χ4v) is 1.82. The number of aromatic amines is 1. The molecule has 0 aliphatic carbocycles. The molecule has 1 aromatic heterocycles. The third-order valence-electron chi connectivity index (χ3n) is 2.39. The minimum Gasteiger partial charge on any atom is -0.267 e. The van der Waals surface area contributed by atoms with Crippen LogP contribution in [0.4, 0.5) is 0 Å². The number of halogens is 1. The van der Waals surface area contributed by atoms with Gasteiger partial charge in [-0.1, -0.05) is 18.5 Å². The van der Waals surface area contributed by atoms with E-state index < -0.39 is 0 Å². The van der Waals surface area contributed by atoms with E-state index in [0.717, 1.165) is 6.42 Å². The second kappa shape index (κ2) is 4.14. The number of nitrogens with one attached hydrogen (secondary N) is 1. The maximum absolute atomic E-state index is 11.9. The van der Waals surface area contributed by atoms with Crippen molar-refractivity contribution in [3.8, 4) is 0 Å². The van der Waals surface area contributed by atoms with Crippen LogP contribution in [0.3, 0.4) is 0 Å². The van der Waals surface area contributed by atoms with Gasteiger partial charge in [-0.3, -0.25) is 14.7 Å². The fourth-order valence-electron chi connectivity index (χ4n) is 1.65. The molecule has 0 spiro atoms. The number of rotatable bonds is 2. The number of hydrogen-bond donors (Lipinski definition) is 1. The minimum atomic E-state index is -0.287. The zero-order valence-corrected chi connectivity index (χ0v) is 9.54. The van der Waals surface area contributed by atoms with Gasteiger partial charge in [-0.05, 0) is 24.6 Å². The zero-order valence-electron chi connectivity index (χ0n) is 8.79. The van der Waals surface area contributed by atoms with E-state index in [0.29, 0.717) is 22.3 Å². The van der Waals surface area contributed by atoms with Crippen LogP contribution >= 0.6 is 11.6 Å². The lowest BCUT2D eigenvalue weighted by Crippen LogP contribution is -2.29. The zero-order chi connectivity index (χ0) is 11.7. The first-order chi connectivity index (χ1) is 7.63. The maximum atomic E-state index is 11.9. The predicted molar refractivity (Wildman–Crippen MR) is 64.1 cm³/mol. The molecule has 0 aliphatic heterocycles. The highest BCUT2D eigenvalue weighted by atomic mass is 35.5. The van der Waals surface area contributed by atoms with Crippen molar-refractivity contribution in [3.05, 3.63) is 43.9 Å². The topological polar surface area (TPSA) is 54.9 Å². The normalized spacial score (nSPS) is 10.9. The fraction of sp³-hybridized carbons (Fsp3) is 0.273. The lowest BCUT2D eigenvalue weighted by atomic mass is 10.2. The van der Waals surface area contributed by atoms with Gasteiger partial charge >= 0.3 is 0 Å². The van der Waals surface area contributed by atoms with Crippen LogP contribution < -0.4 is 11.1 Å². The third-order valence-corrected chi connectivity index (χ3v) is 2.62. The average molecular weight is 239 g/mol. The average Bonchev–Trinajstić information content (AvgIpc) is 2.26. The number of H-pyrrole nitrogens is 1. The Morgan fingerprint density at radius 1 is 1.31 bits per heavy atom. The highest BCUT2D eigenvalue weighted by Gasteiger charge is 2.06. The Morgan fingerprint density at radius 2 is 2.06 bits per heavy atom. The van der Waals surface area contributed by atoms with E-state index >= 15 is 0 Å². The van der Waals surface area contributed by atoms with Crippen LogP contribution in [0.1, 0.15) is 13.3 Å². The van der Waals surface area contributed by atoms with Crippen LogP contribution in [0.25, 0.3) is 10.8 Å². The third kappa shape index (κ3) is 1.76. The molecule has 0 radical (unpaired) electrons. The van der Waals surface area contributed by atoms with E-state index in [9.17, 15) is 9.59 Å². The molecule has 1 heterocycles.